The second-order valence-electron chi connectivity index (χ2n) is 4.61. The molecule has 1 saturated heterocycles. The van der Waals surface area contributed by atoms with E-state index in [2.05, 4.69) is 10.3 Å². The number of benzene rings is 1. The number of hydrogen-bond donors (Lipinski definition) is 1. The first-order valence-electron chi connectivity index (χ1n) is 6.60. The van der Waals surface area contributed by atoms with Crippen LogP contribution in [0.1, 0.15) is 5.56 Å². The van der Waals surface area contributed by atoms with Crippen LogP contribution < -0.4 is 15.0 Å². The zero-order chi connectivity index (χ0) is 15.5. The highest BCUT2D eigenvalue weighted by atomic mass is 16.5. The average Bonchev–Trinajstić information content (AvgIpc) is 2.82. The topological polar surface area (TPSA) is 71.5 Å². The summed E-state index contributed by atoms with van der Waals surface area (Å²) in [4.78, 5) is 29.5. The molecule has 0 radical (unpaired) electrons. The number of pyridine rings is 1. The van der Waals surface area contributed by atoms with Crippen molar-refractivity contribution in [3.05, 3.63) is 60.1 Å². The molecule has 3 rings (SSSR count). The first-order valence-corrected chi connectivity index (χ1v) is 6.60. The van der Waals surface area contributed by atoms with E-state index in [0.717, 1.165) is 10.5 Å². The number of nitrogens with zero attached hydrogens (tertiary/aromatic N) is 2. The van der Waals surface area contributed by atoms with Crippen molar-refractivity contribution in [3.8, 4) is 5.75 Å². The fourth-order valence-corrected chi connectivity index (χ4v) is 2.13. The molecule has 0 unspecified atom stereocenters. The number of nitrogens with one attached hydrogen (secondary N) is 1. The van der Waals surface area contributed by atoms with Gasteiger partial charge >= 0.3 is 6.03 Å². The second kappa shape index (κ2) is 5.69. The van der Waals surface area contributed by atoms with E-state index in [1.165, 1.54) is 0 Å². The standard InChI is InChI=1S/C16H13N3O3/c1-22-13-4-2-12(3-5-13)19-15(20)14(18-16(19)21)10-11-6-8-17-9-7-11/h2-10H,1H3,(H,18,21)/b14-10-. The minimum atomic E-state index is -0.476. The fraction of sp³-hybridized carbons (Fsp3) is 0.0625. The normalized spacial score (nSPS) is 16.0. The molecule has 1 N–H and O–H groups in total. The Bertz CT molecular complexity index is 739. The van der Waals surface area contributed by atoms with Crippen LogP contribution in [0.25, 0.3) is 6.08 Å². The van der Waals surface area contributed by atoms with Gasteiger partial charge in [-0.25, -0.2) is 9.69 Å². The number of carbonyl (C=O) groups excluding carboxylic acids is 2. The van der Waals surface area contributed by atoms with Crippen molar-refractivity contribution in [1.29, 1.82) is 0 Å². The predicted octanol–water partition coefficient (Wildman–Crippen LogP) is 2.19. The van der Waals surface area contributed by atoms with Crippen LogP contribution >= 0.6 is 0 Å². The number of rotatable bonds is 3. The van der Waals surface area contributed by atoms with Gasteiger partial charge in [-0.15, -0.1) is 0 Å². The number of hydrogen-bond acceptors (Lipinski definition) is 4. The smallest absolute Gasteiger partial charge is 0.333 e. The van der Waals surface area contributed by atoms with E-state index < -0.39 is 11.9 Å². The van der Waals surface area contributed by atoms with Crippen molar-refractivity contribution in [2.45, 2.75) is 0 Å². The lowest BCUT2D eigenvalue weighted by Gasteiger charge is -2.12. The van der Waals surface area contributed by atoms with E-state index in [9.17, 15) is 9.59 Å². The fourth-order valence-electron chi connectivity index (χ4n) is 2.13. The predicted molar refractivity (Wildman–Crippen MR) is 81.2 cm³/mol. The number of anilines is 1. The summed E-state index contributed by atoms with van der Waals surface area (Å²) in [5.74, 6) is 0.260. The molecular weight excluding hydrogens is 282 g/mol. The van der Waals surface area contributed by atoms with Gasteiger partial charge in [0.25, 0.3) is 5.91 Å². The third-order valence-electron chi connectivity index (χ3n) is 3.23. The SMILES string of the molecule is COc1ccc(N2C(=O)N/C(=C\c3ccncc3)C2=O)cc1. The van der Waals surface area contributed by atoms with Crippen LogP contribution in [0.3, 0.4) is 0 Å². The van der Waals surface area contributed by atoms with Gasteiger partial charge in [-0.2, -0.15) is 0 Å². The molecule has 6 heteroatoms. The molecule has 0 aliphatic carbocycles. The van der Waals surface area contributed by atoms with Gasteiger partial charge in [-0.3, -0.25) is 9.78 Å². The van der Waals surface area contributed by atoms with Crippen molar-refractivity contribution >= 4 is 23.7 Å². The Morgan fingerprint density at radius 1 is 1.09 bits per heavy atom. The highest BCUT2D eigenvalue weighted by Crippen LogP contribution is 2.24. The van der Waals surface area contributed by atoms with Gasteiger partial charge in [-0.05, 0) is 48.0 Å². The van der Waals surface area contributed by atoms with Crippen LogP contribution in [-0.4, -0.2) is 24.0 Å². The highest BCUT2D eigenvalue weighted by Gasteiger charge is 2.34. The monoisotopic (exact) mass is 295 g/mol. The third kappa shape index (κ3) is 2.54. The molecule has 1 aromatic carbocycles. The van der Waals surface area contributed by atoms with Gasteiger partial charge in [0.05, 0.1) is 12.8 Å². The zero-order valence-corrected chi connectivity index (χ0v) is 11.8. The van der Waals surface area contributed by atoms with Crippen molar-refractivity contribution < 1.29 is 14.3 Å². The largest absolute Gasteiger partial charge is 0.497 e. The summed E-state index contributed by atoms with van der Waals surface area (Å²) in [6.45, 7) is 0. The number of carbonyl (C=O) groups is 2. The number of amides is 3. The van der Waals surface area contributed by atoms with Crippen molar-refractivity contribution in [1.82, 2.24) is 10.3 Å². The van der Waals surface area contributed by atoms with Gasteiger partial charge in [0.15, 0.2) is 0 Å². The molecule has 2 aromatic rings. The quantitative estimate of drug-likeness (QED) is 0.696. The molecule has 2 heterocycles. The van der Waals surface area contributed by atoms with Crippen molar-refractivity contribution in [2.75, 3.05) is 12.0 Å². The Labute approximate surface area is 127 Å². The van der Waals surface area contributed by atoms with E-state index in [1.54, 1.807) is 62.0 Å². The Balaban J connectivity index is 1.89. The summed E-state index contributed by atoms with van der Waals surface area (Å²) < 4.78 is 5.06. The van der Waals surface area contributed by atoms with Crippen molar-refractivity contribution in [2.24, 2.45) is 0 Å². The second-order valence-corrected chi connectivity index (χ2v) is 4.61. The van der Waals surface area contributed by atoms with Crippen LogP contribution in [0.5, 0.6) is 5.75 Å². The maximum Gasteiger partial charge on any atom is 0.333 e. The number of ether oxygens (including phenoxy) is 1. The van der Waals surface area contributed by atoms with Crippen LogP contribution in [0, 0.1) is 0 Å². The number of methoxy groups -OCH3 is 1. The lowest BCUT2D eigenvalue weighted by atomic mass is 10.2. The van der Waals surface area contributed by atoms with Gasteiger partial charge < -0.3 is 10.1 Å². The molecule has 1 aliphatic rings. The Morgan fingerprint density at radius 2 is 1.77 bits per heavy atom. The molecular formula is C16H13N3O3. The first kappa shape index (κ1) is 13.8. The van der Waals surface area contributed by atoms with Gasteiger partial charge in [0.2, 0.25) is 0 Å². The Hall–Kier alpha value is -3.15. The van der Waals surface area contributed by atoms with Crippen LogP contribution in [0.15, 0.2) is 54.5 Å². The molecule has 1 fully saturated rings. The van der Waals surface area contributed by atoms with Gasteiger partial charge in [0, 0.05) is 12.4 Å². The molecule has 3 amide bonds. The Kier molecular flexibility index (Phi) is 3.57. The van der Waals surface area contributed by atoms with E-state index in [0.29, 0.717) is 11.4 Å². The summed E-state index contributed by atoms with van der Waals surface area (Å²) in [6.07, 6.45) is 4.86. The average molecular weight is 295 g/mol. The summed E-state index contributed by atoms with van der Waals surface area (Å²) in [5, 5.41) is 2.58. The van der Waals surface area contributed by atoms with Crippen LogP contribution in [0.2, 0.25) is 0 Å². The summed E-state index contributed by atoms with van der Waals surface area (Å²) in [5.41, 5.74) is 1.50. The van der Waals surface area contributed by atoms with Crippen LogP contribution in [-0.2, 0) is 4.79 Å². The minimum absolute atomic E-state index is 0.229. The summed E-state index contributed by atoms with van der Waals surface area (Å²) in [6, 6.07) is 9.74. The summed E-state index contributed by atoms with van der Waals surface area (Å²) >= 11 is 0. The Morgan fingerprint density at radius 3 is 2.41 bits per heavy atom. The number of imide groups is 1. The highest BCUT2D eigenvalue weighted by molar-refractivity contribution is 6.28. The molecule has 22 heavy (non-hydrogen) atoms. The zero-order valence-electron chi connectivity index (χ0n) is 11.8. The molecule has 0 saturated carbocycles. The molecule has 0 atom stereocenters. The maximum absolute atomic E-state index is 12.4. The molecule has 1 aromatic heterocycles. The van der Waals surface area contributed by atoms with E-state index >= 15 is 0 Å². The van der Waals surface area contributed by atoms with E-state index in [4.69, 9.17) is 4.74 Å². The maximum atomic E-state index is 12.4. The van der Waals surface area contributed by atoms with E-state index in [-0.39, 0.29) is 5.70 Å². The molecule has 1 aliphatic heterocycles. The van der Waals surface area contributed by atoms with E-state index in [1.807, 2.05) is 0 Å². The minimum Gasteiger partial charge on any atom is -0.497 e. The molecule has 110 valence electrons. The third-order valence-corrected chi connectivity index (χ3v) is 3.23. The number of aromatic nitrogens is 1. The number of urea groups is 1. The lowest BCUT2D eigenvalue weighted by molar-refractivity contribution is -0.113. The molecule has 0 spiro atoms. The van der Waals surface area contributed by atoms with Crippen LogP contribution in [0.4, 0.5) is 10.5 Å². The van der Waals surface area contributed by atoms with Crippen molar-refractivity contribution in [3.63, 3.8) is 0 Å². The lowest BCUT2D eigenvalue weighted by Crippen LogP contribution is -2.30. The first-order chi connectivity index (χ1) is 10.7. The van der Waals surface area contributed by atoms with Gasteiger partial charge in [-0.1, -0.05) is 0 Å². The van der Waals surface area contributed by atoms with Gasteiger partial charge in [0.1, 0.15) is 11.4 Å². The molecule has 6 nitrogen and oxygen atoms in total. The molecule has 0 bridgehead atoms. The summed E-state index contributed by atoms with van der Waals surface area (Å²) in [7, 11) is 1.55.